The van der Waals surface area contributed by atoms with Crippen molar-refractivity contribution >= 4 is 5.91 Å². The lowest BCUT2D eigenvalue weighted by molar-refractivity contribution is -0.205. The van der Waals surface area contributed by atoms with Crippen LogP contribution in [0.5, 0.6) is 0 Å². The molecule has 3 fully saturated rings. The van der Waals surface area contributed by atoms with Crippen LogP contribution in [0.3, 0.4) is 0 Å². The zero-order chi connectivity index (χ0) is 25.3. The molecule has 34 heavy (non-hydrogen) atoms. The summed E-state index contributed by atoms with van der Waals surface area (Å²) in [5.41, 5.74) is 2.20. The fourth-order valence-electron chi connectivity index (χ4n) is 6.87. The maximum absolute atomic E-state index is 12.6. The highest BCUT2D eigenvalue weighted by molar-refractivity contribution is 5.76. The van der Waals surface area contributed by atoms with Gasteiger partial charge in [-0.1, -0.05) is 44.1 Å². The van der Waals surface area contributed by atoms with Crippen molar-refractivity contribution in [1.29, 1.82) is 0 Å². The standard InChI is InChI=1S/C26H40F3NO4/c1-24(2,15-30-23(34)14-22(33)26(27,28)29)21-9-8-20-17(5-4-10-25(20,21)3)7-6-16-11-18(31)13-19(32)12-16/h6-7,18-22,31-33H,4-5,8-15H2,1-3H3,(H,30,34)/t18-,19-,20?,21-,22+,25+/m1/s1. The first-order chi connectivity index (χ1) is 15.7. The lowest BCUT2D eigenvalue weighted by Crippen LogP contribution is -2.46. The van der Waals surface area contributed by atoms with Crippen molar-refractivity contribution in [1.82, 2.24) is 5.32 Å². The smallest absolute Gasteiger partial charge is 0.393 e. The molecule has 3 aliphatic rings. The number of aliphatic hydroxyl groups excluding tert-OH is 3. The topological polar surface area (TPSA) is 89.8 Å². The van der Waals surface area contributed by atoms with Gasteiger partial charge in [0.1, 0.15) is 0 Å². The largest absolute Gasteiger partial charge is 0.414 e. The summed E-state index contributed by atoms with van der Waals surface area (Å²) in [4.78, 5) is 12.0. The van der Waals surface area contributed by atoms with Crippen LogP contribution in [0.25, 0.3) is 0 Å². The molecule has 0 heterocycles. The SMILES string of the molecule is CC(C)(CNC(=O)C[C@H](O)C(F)(F)F)[C@H]1CCC2C(=CC=C3C[C@@H](O)C[C@H](O)C3)CCC[C@@]21C. The number of allylic oxidation sites excluding steroid dienone is 3. The first-order valence-corrected chi connectivity index (χ1v) is 12.5. The van der Waals surface area contributed by atoms with Crippen molar-refractivity contribution in [2.45, 2.75) is 103 Å². The van der Waals surface area contributed by atoms with Gasteiger partial charge in [-0.25, -0.2) is 0 Å². The predicted molar refractivity (Wildman–Crippen MR) is 124 cm³/mol. The van der Waals surface area contributed by atoms with Crippen LogP contribution in [0, 0.1) is 22.7 Å². The maximum Gasteiger partial charge on any atom is 0.414 e. The number of amides is 1. The van der Waals surface area contributed by atoms with E-state index in [-0.39, 0.29) is 17.4 Å². The molecule has 1 unspecified atom stereocenters. The molecular weight excluding hydrogens is 447 g/mol. The number of rotatable bonds is 6. The summed E-state index contributed by atoms with van der Waals surface area (Å²) in [6.45, 7) is 6.70. The zero-order valence-electron chi connectivity index (χ0n) is 20.5. The van der Waals surface area contributed by atoms with E-state index in [1.54, 1.807) is 0 Å². The third-order valence-electron chi connectivity index (χ3n) is 8.48. The minimum absolute atomic E-state index is 0.0356. The molecule has 0 aromatic heterocycles. The molecule has 1 amide bonds. The molecule has 3 aliphatic carbocycles. The highest BCUT2D eigenvalue weighted by atomic mass is 19.4. The molecule has 6 atom stereocenters. The second-order valence-electron chi connectivity index (χ2n) is 11.6. The van der Waals surface area contributed by atoms with Gasteiger partial charge in [0.15, 0.2) is 6.10 Å². The molecule has 0 spiro atoms. The number of halogens is 3. The van der Waals surface area contributed by atoms with Gasteiger partial charge >= 0.3 is 6.18 Å². The second kappa shape index (κ2) is 10.3. The summed E-state index contributed by atoms with van der Waals surface area (Å²) in [5, 5.41) is 31.7. The van der Waals surface area contributed by atoms with Gasteiger partial charge in [-0.05, 0) is 74.0 Å². The Labute approximate surface area is 200 Å². The third kappa shape index (κ3) is 6.24. The zero-order valence-corrected chi connectivity index (χ0v) is 20.5. The number of aliphatic hydroxyl groups is 3. The molecule has 0 aromatic rings. The number of alkyl halides is 3. The minimum atomic E-state index is -4.80. The average Bonchev–Trinajstić information content (AvgIpc) is 3.08. The van der Waals surface area contributed by atoms with E-state index in [2.05, 4.69) is 38.2 Å². The van der Waals surface area contributed by atoms with E-state index >= 15 is 0 Å². The Morgan fingerprint density at radius 2 is 1.82 bits per heavy atom. The van der Waals surface area contributed by atoms with Gasteiger partial charge < -0.3 is 20.6 Å². The molecule has 194 valence electrons. The quantitative estimate of drug-likeness (QED) is 0.447. The second-order valence-corrected chi connectivity index (χ2v) is 11.6. The van der Waals surface area contributed by atoms with Crippen LogP contribution >= 0.6 is 0 Å². The molecule has 0 radical (unpaired) electrons. The molecule has 0 aliphatic heterocycles. The first-order valence-electron chi connectivity index (χ1n) is 12.5. The van der Waals surface area contributed by atoms with E-state index < -0.39 is 36.8 Å². The van der Waals surface area contributed by atoms with Crippen LogP contribution in [0.1, 0.15) is 78.6 Å². The summed E-state index contributed by atoms with van der Waals surface area (Å²) in [7, 11) is 0. The van der Waals surface area contributed by atoms with E-state index in [0.717, 1.165) is 37.7 Å². The average molecular weight is 488 g/mol. The monoisotopic (exact) mass is 487 g/mol. The van der Waals surface area contributed by atoms with Crippen LogP contribution in [0.4, 0.5) is 13.2 Å². The number of fused-ring (bicyclic) bond motifs is 1. The van der Waals surface area contributed by atoms with Crippen molar-refractivity contribution in [2.24, 2.45) is 22.7 Å². The van der Waals surface area contributed by atoms with Gasteiger partial charge in [0.2, 0.25) is 5.91 Å². The van der Waals surface area contributed by atoms with Gasteiger partial charge in [0.25, 0.3) is 0 Å². The fourth-order valence-corrected chi connectivity index (χ4v) is 6.87. The highest BCUT2D eigenvalue weighted by Gasteiger charge is 2.54. The predicted octanol–water partition coefficient (Wildman–Crippen LogP) is 4.42. The Morgan fingerprint density at radius 1 is 1.18 bits per heavy atom. The summed E-state index contributed by atoms with van der Waals surface area (Å²) in [6, 6.07) is 0. The fraction of sp³-hybridized carbons (Fsp3) is 0.808. The maximum atomic E-state index is 12.6. The van der Waals surface area contributed by atoms with Crippen LogP contribution in [-0.4, -0.2) is 52.3 Å². The summed E-state index contributed by atoms with van der Waals surface area (Å²) in [5.74, 6) is -0.0820. The normalized spacial score (nSPS) is 34.6. The van der Waals surface area contributed by atoms with E-state index in [0.29, 0.717) is 31.1 Å². The Bertz CT molecular complexity index is 794. The molecule has 8 heteroatoms. The van der Waals surface area contributed by atoms with Crippen LogP contribution in [-0.2, 0) is 4.79 Å². The number of carbonyl (C=O) groups excluding carboxylic acids is 1. The third-order valence-corrected chi connectivity index (χ3v) is 8.48. The Kier molecular flexibility index (Phi) is 8.25. The Hall–Kier alpha value is -1.38. The van der Waals surface area contributed by atoms with E-state index in [1.807, 2.05) is 0 Å². The van der Waals surface area contributed by atoms with Gasteiger partial charge in [-0.3, -0.25) is 4.79 Å². The number of hydrogen-bond acceptors (Lipinski definition) is 4. The van der Waals surface area contributed by atoms with Crippen molar-refractivity contribution in [3.8, 4) is 0 Å². The summed E-state index contributed by atoms with van der Waals surface area (Å²) < 4.78 is 37.7. The lowest BCUT2D eigenvalue weighted by Gasteiger charge is -2.48. The van der Waals surface area contributed by atoms with E-state index in [9.17, 15) is 33.3 Å². The molecule has 3 rings (SSSR count). The van der Waals surface area contributed by atoms with Gasteiger partial charge in [0.05, 0.1) is 18.6 Å². The molecule has 0 aromatic carbocycles. The van der Waals surface area contributed by atoms with E-state index in [4.69, 9.17) is 0 Å². The highest BCUT2D eigenvalue weighted by Crippen LogP contribution is 2.61. The molecule has 0 saturated heterocycles. The van der Waals surface area contributed by atoms with Crippen LogP contribution < -0.4 is 5.32 Å². The Balaban J connectivity index is 1.67. The number of hydrogen-bond donors (Lipinski definition) is 4. The molecule has 4 N–H and O–H groups in total. The van der Waals surface area contributed by atoms with Gasteiger partial charge in [0, 0.05) is 6.54 Å². The lowest BCUT2D eigenvalue weighted by atomic mass is 9.57. The van der Waals surface area contributed by atoms with Crippen LogP contribution in [0.2, 0.25) is 0 Å². The van der Waals surface area contributed by atoms with Gasteiger partial charge in [-0.2, -0.15) is 13.2 Å². The minimum Gasteiger partial charge on any atom is -0.393 e. The molecule has 0 bridgehead atoms. The molecular formula is C26H40F3NO4. The number of carbonyl (C=O) groups is 1. The van der Waals surface area contributed by atoms with Crippen molar-refractivity contribution in [2.75, 3.05) is 6.54 Å². The summed E-state index contributed by atoms with van der Waals surface area (Å²) >= 11 is 0. The van der Waals surface area contributed by atoms with Crippen molar-refractivity contribution in [3.05, 3.63) is 23.3 Å². The Morgan fingerprint density at radius 3 is 2.44 bits per heavy atom. The van der Waals surface area contributed by atoms with Crippen LogP contribution in [0.15, 0.2) is 23.3 Å². The van der Waals surface area contributed by atoms with E-state index in [1.165, 1.54) is 5.57 Å². The molecule has 3 saturated carbocycles. The molecule has 5 nitrogen and oxygen atoms in total. The first kappa shape index (κ1) is 27.2. The number of nitrogens with one attached hydrogen (secondary N) is 1. The van der Waals surface area contributed by atoms with Crippen molar-refractivity contribution in [3.63, 3.8) is 0 Å². The van der Waals surface area contributed by atoms with Gasteiger partial charge in [-0.15, -0.1) is 0 Å². The summed E-state index contributed by atoms with van der Waals surface area (Å²) in [6.07, 6.45) is 1.66. The van der Waals surface area contributed by atoms with Crippen molar-refractivity contribution < 1.29 is 33.3 Å².